The van der Waals surface area contributed by atoms with Crippen molar-refractivity contribution >= 4 is 17.5 Å². The van der Waals surface area contributed by atoms with Crippen molar-refractivity contribution < 1.29 is 14.0 Å². The number of anilines is 1. The average molecular weight is 406 g/mol. The van der Waals surface area contributed by atoms with Crippen molar-refractivity contribution in [1.82, 2.24) is 15.1 Å². The molecular weight excluding hydrogens is 383 g/mol. The van der Waals surface area contributed by atoms with Crippen molar-refractivity contribution in [3.05, 3.63) is 76.9 Å². The number of rotatable bonds is 4. The van der Waals surface area contributed by atoms with Gasteiger partial charge in [-0.1, -0.05) is 6.42 Å². The fourth-order valence-electron chi connectivity index (χ4n) is 3.79. The maximum absolute atomic E-state index is 13.4. The molecule has 1 heterocycles. The lowest BCUT2D eigenvalue weighted by Gasteiger charge is -2.07. The first-order valence-corrected chi connectivity index (χ1v) is 10.1. The van der Waals surface area contributed by atoms with Gasteiger partial charge < -0.3 is 10.6 Å². The van der Waals surface area contributed by atoms with Crippen LogP contribution in [0.5, 0.6) is 0 Å². The van der Waals surface area contributed by atoms with Crippen LogP contribution < -0.4 is 10.6 Å². The Kier molecular flexibility index (Phi) is 5.61. The van der Waals surface area contributed by atoms with E-state index in [9.17, 15) is 14.0 Å². The van der Waals surface area contributed by atoms with E-state index in [1.54, 1.807) is 48.1 Å². The van der Waals surface area contributed by atoms with Crippen molar-refractivity contribution in [2.24, 2.45) is 0 Å². The summed E-state index contributed by atoms with van der Waals surface area (Å²) in [7, 11) is 1.57. The highest BCUT2D eigenvalue weighted by Gasteiger charge is 2.25. The Morgan fingerprint density at radius 2 is 1.63 bits per heavy atom. The fourth-order valence-corrected chi connectivity index (χ4v) is 3.79. The van der Waals surface area contributed by atoms with Crippen LogP contribution >= 0.6 is 0 Å². The van der Waals surface area contributed by atoms with Crippen LogP contribution in [0.4, 0.5) is 10.1 Å². The number of carbonyl (C=O) groups excluding carboxylic acids is 2. The van der Waals surface area contributed by atoms with E-state index in [0.717, 1.165) is 49.0 Å². The Hall–Kier alpha value is -3.48. The zero-order chi connectivity index (χ0) is 21.1. The van der Waals surface area contributed by atoms with Gasteiger partial charge in [0.2, 0.25) is 0 Å². The number of halogens is 1. The van der Waals surface area contributed by atoms with Gasteiger partial charge in [0.1, 0.15) is 5.82 Å². The van der Waals surface area contributed by atoms with E-state index in [4.69, 9.17) is 0 Å². The van der Waals surface area contributed by atoms with E-state index in [1.165, 1.54) is 12.1 Å². The molecule has 0 spiro atoms. The molecule has 0 unspecified atom stereocenters. The summed E-state index contributed by atoms with van der Waals surface area (Å²) in [6.45, 7) is 0. The Labute approximate surface area is 174 Å². The number of carbonyl (C=O) groups is 2. The molecule has 4 rings (SSSR count). The van der Waals surface area contributed by atoms with E-state index in [0.29, 0.717) is 16.9 Å². The third kappa shape index (κ3) is 3.96. The highest BCUT2D eigenvalue weighted by molar-refractivity contribution is 6.04. The predicted octanol–water partition coefficient (Wildman–Crippen LogP) is 3.89. The van der Waals surface area contributed by atoms with Gasteiger partial charge in [0.05, 0.1) is 5.69 Å². The number of amides is 2. The first-order chi connectivity index (χ1) is 14.6. The molecule has 0 radical (unpaired) electrons. The zero-order valence-corrected chi connectivity index (χ0v) is 16.7. The van der Waals surface area contributed by atoms with E-state index in [2.05, 4.69) is 15.7 Å². The molecule has 0 saturated carbocycles. The van der Waals surface area contributed by atoms with E-state index >= 15 is 0 Å². The number of hydrogen-bond acceptors (Lipinski definition) is 3. The van der Waals surface area contributed by atoms with Gasteiger partial charge in [-0.2, -0.15) is 5.10 Å². The summed E-state index contributed by atoms with van der Waals surface area (Å²) in [5, 5.41) is 10.1. The lowest BCUT2D eigenvalue weighted by atomic mass is 10.1. The van der Waals surface area contributed by atoms with Crippen LogP contribution in [0.15, 0.2) is 48.5 Å². The first-order valence-electron chi connectivity index (χ1n) is 10.1. The summed E-state index contributed by atoms with van der Waals surface area (Å²) >= 11 is 0. The van der Waals surface area contributed by atoms with Gasteiger partial charge in [0, 0.05) is 29.6 Å². The topological polar surface area (TPSA) is 76.0 Å². The Bertz CT molecular complexity index is 1070. The molecule has 0 saturated heterocycles. The number of benzene rings is 2. The van der Waals surface area contributed by atoms with Gasteiger partial charge in [-0.15, -0.1) is 0 Å². The molecule has 30 heavy (non-hydrogen) atoms. The van der Waals surface area contributed by atoms with Crippen LogP contribution in [-0.2, 0) is 12.8 Å². The lowest BCUT2D eigenvalue weighted by molar-refractivity contribution is 0.0962. The minimum Gasteiger partial charge on any atom is -0.355 e. The third-order valence-corrected chi connectivity index (χ3v) is 5.35. The molecule has 2 N–H and O–H groups in total. The average Bonchev–Trinajstić information content (AvgIpc) is 2.95. The second-order valence-corrected chi connectivity index (χ2v) is 7.33. The Balaban J connectivity index is 1.65. The van der Waals surface area contributed by atoms with Gasteiger partial charge in [0.25, 0.3) is 11.8 Å². The molecule has 7 heteroatoms. The van der Waals surface area contributed by atoms with Crippen molar-refractivity contribution in [3.8, 4) is 5.69 Å². The number of fused-ring (bicyclic) bond motifs is 1. The minimum atomic E-state index is -0.310. The van der Waals surface area contributed by atoms with E-state index < -0.39 is 0 Å². The van der Waals surface area contributed by atoms with Crippen LogP contribution in [0, 0.1) is 5.82 Å². The maximum atomic E-state index is 13.4. The molecule has 154 valence electrons. The summed E-state index contributed by atoms with van der Waals surface area (Å²) in [6.07, 6.45) is 4.74. The molecule has 6 nitrogen and oxygen atoms in total. The third-order valence-electron chi connectivity index (χ3n) is 5.35. The van der Waals surface area contributed by atoms with E-state index in [-0.39, 0.29) is 17.6 Å². The summed E-state index contributed by atoms with van der Waals surface area (Å²) < 4.78 is 15.1. The molecule has 0 aliphatic heterocycles. The van der Waals surface area contributed by atoms with Crippen LogP contribution in [0.2, 0.25) is 0 Å². The summed E-state index contributed by atoms with van der Waals surface area (Å²) in [4.78, 5) is 24.7. The molecule has 0 fully saturated rings. The van der Waals surface area contributed by atoms with Gasteiger partial charge in [-0.25, -0.2) is 9.07 Å². The van der Waals surface area contributed by atoms with Crippen LogP contribution in [0.3, 0.4) is 0 Å². The largest absolute Gasteiger partial charge is 0.355 e. The maximum Gasteiger partial charge on any atom is 0.276 e. The highest BCUT2D eigenvalue weighted by atomic mass is 19.1. The second kappa shape index (κ2) is 8.49. The smallest absolute Gasteiger partial charge is 0.276 e. The second-order valence-electron chi connectivity index (χ2n) is 7.33. The van der Waals surface area contributed by atoms with Crippen LogP contribution in [0.1, 0.15) is 51.4 Å². The van der Waals surface area contributed by atoms with E-state index in [1.807, 2.05) is 0 Å². The number of nitrogens with one attached hydrogen (secondary N) is 2. The molecule has 0 bridgehead atoms. The minimum absolute atomic E-state index is 0.184. The summed E-state index contributed by atoms with van der Waals surface area (Å²) in [5.41, 5.74) is 4.21. The lowest BCUT2D eigenvalue weighted by Crippen LogP contribution is -2.18. The van der Waals surface area contributed by atoms with Crippen molar-refractivity contribution in [2.75, 3.05) is 12.4 Å². The summed E-state index contributed by atoms with van der Waals surface area (Å²) in [6, 6.07) is 12.8. The number of hydrogen-bond donors (Lipinski definition) is 2. The molecule has 1 aliphatic carbocycles. The Morgan fingerprint density at radius 3 is 2.33 bits per heavy atom. The zero-order valence-electron chi connectivity index (χ0n) is 16.7. The van der Waals surface area contributed by atoms with Crippen LogP contribution in [-0.4, -0.2) is 28.6 Å². The standard InChI is InChI=1S/C23H23FN4O2/c1-25-22(29)15-7-11-17(12-8-15)26-23(30)21-19-5-3-2-4-6-20(19)28(27-21)18-13-9-16(24)10-14-18/h7-14H,2-6H2,1H3,(H,25,29)(H,26,30). The normalized spacial score (nSPS) is 13.3. The molecule has 2 amide bonds. The van der Waals surface area contributed by atoms with Gasteiger partial charge in [-0.3, -0.25) is 9.59 Å². The van der Waals surface area contributed by atoms with Gasteiger partial charge in [0.15, 0.2) is 5.69 Å². The fraction of sp³-hybridized carbons (Fsp3) is 0.261. The number of aromatic nitrogens is 2. The van der Waals surface area contributed by atoms with Crippen LogP contribution in [0.25, 0.3) is 5.69 Å². The molecule has 0 atom stereocenters. The monoisotopic (exact) mass is 406 g/mol. The highest BCUT2D eigenvalue weighted by Crippen LogP contribution is 2.27. The van der Waals surface area contributed by atoms with Crippen molar-refractivity contribution in [3.63, 3.8) is 0 Å². The molecular formula is C23H23FN4O2. The SMILES string of the molecule is CNC(=O)c1ccc(NC(=O)c2nn(-c3ccc(F)cc3)c3c2CCCCC3)cc1. The van der Waals surface area contributed by atoms with Gasteiger partial charge >= 0.3 is 0 Å². The summed E-state index contributed by atoms with van der Waals surface area (Å²) in [5.74, 6) is -0.784. The van der Waals surface area contributed by atoms with Crippen molar-refractivity contribution in [1.29, 1.82) is 0 Å². The number of nitrogens with zero attached hydrogens (tertiary/aromatic N) is 2. The predicted molar refractivity (Wildman–Crippen MR) is 113 cm³/mol. The molecule has 2 aromatic carbocycles. The van der Waals surface area contributed by atoms with Gasteiger partial charge in [-0.05, 0) is 74.2 Å². The molecule has 3 aromatic rings. The van der Waals surface area contributed by atoms with Crippen molar-refractivity contribution in [2.45, 2.75) is 32.1 Å². The molecule has 1 aliphatic rings. The quantitative estimate of drug-likeness (QED) is 0.646. The molecule has 1 aromatic heterocycles. The Morgan fingerprint density at radius 1 is 0.933 bits per heavy atom. The first kappa shape index (κ1) is 19.8.